The van der Waals surface area contributed by atoms with E-state index in [4.69, 9.17) is 5.73 Å². The van der Waals surface area contributed by atoms with Crippen molar-refractivity contribution in [2.24, 2.45) is 7.05 Å². The van der Waals surface area contributed by atoms with Gasteiger partial charge in [0.25, 0.3) is 5.56 Å². The van der Waals surface area contributed by atoms with E-state index < -0.39 is 0 Å². The van der Waals surface area contributed by atoms with Gasteiger partial charge in [-0.05, 0) is 11.0 Å². The van der Waals surface area contributed by atoms with E-state index in [1.165, 1.54) is 0 Å². The molecule has 0 fully saturated rings. The van der Waals surface area contributed by atoms with E-state index >= 15 is 0 Å². The first-order valence-corrected chi connectivity index (χ1v) is 5.16. The first-order valence-electron chi connectivity index (χ1n) is 5.16. The number of nitrogens with zero attached hydrogens (tertiary/aromatic N) is 2. The third-order valence-corrected chi connectivity index (χ3v) is 2.65. The number of nitrogens with one attached hydrogen (secondary N) is 1. The number of nitrogen functional groups attached to an aromatic ring is 1. The molecule has 0 aliphatic heterocycles. The van der Waals surface area contributed by atoms with Gasteiger partial charge in [-0.3, -0.25) is 9.78 Å². The molecule has 2 heterocycles. The minimum absolute atomic E-state index is 0.0930. The Morgan fingerprint density at radius 2 is 2.06 bits per heavy atom. The summed E-state index contributed by atoms with van der Waals surface area (Å²) in [5.41, 5.74) is 6.88. The fourth-order valence-corrected chi connectivity index (χ4v) is 1.86. The van der Waals surface area contributed by atoms with Crippen LogP contribution in [0.15, 0.2) is 11.0 Å². The van der Waals surface area contributed by atoms with Gasteiger partial charge in [-0.1, -0.05) is 20.8 Å². The maximum absolute atomic E-state index is 11.9. The van der Waals surface area contributed by atoms with Crippen LogP contribution in [0.1, 0.15) is 26.3 Å². The second-order valence-corrected chi connectivity index (χ2v) is 5.05. The molecular formula is C11H16N4O. The third kappa shape index (κ3) is 1.48. The van der Waals surface area contributed by atoms with Gasteiger partial charge in [0.1, 0.15) is 5.65 Å². The number of aromatic nitrogens is 3. The molecule has 0 amide bonds. The summed E-state index contributed by atoms with van der Waals surface area (Å²) in [5.74, 6) is 0.152. The van der Waals surface area contributed by atoms with E-state index in [2.05, 4.69) is 30.7 Å². The van der Waals surface area contributed by atoms with Gasteiger partial charge in [-0.15, -0.1) is 0 Å². The minimum atomic E-state index is -0.173. The SMILES string of the molecule is Cn1cc(C(C)(C)C)c2c(=O)[nH]c(N)nc21. The normalized spacial score (nSPS) is 12.2. The zero-order valence-corrected chi connectivity index (χ0v) is 9.96. The molecule has 0 unspecified atom stereocenters. The maximum atomic E-state index is 11.9. The second kappa shape index (κ2) is 3.10. The van der Waals surface area contributed by atoms with Crippen LogP contribution < -0.4 is 11.3 Å². The molecule has 3 N–H and O–H groups in total. The molecule has 2 rings (SSSR count). The number of aryl methyl sites for hydroxylation is 1. The van der Waals surface area contributed by atoms with Crippen LogP contribution in [-0.2, 0) is 12.5 Å². The van der Waals surface area contributed by atoms with Crippen LogP contribution in [0.5, 0.6) is 0 Å². The molecular weight excluding hydrogens is 204 g/mol. The summed E-state index contributed by atoms with van der Waals surface area (Å²) in [7, 11) is 1.86. The first-order chi connectivity index (χ1) is 7.30. The third-order valence-electron chi connectivity index (χ3n) is 2.65. The Hall–Kier alpha value is -1.78. The van der Waals surface area contributed by atoms with Crippen molar-refractivity contribution in [2.75, 3.05) is 5.73 Å². The molecule has 86 valence electrons. The van der Waals surface area contributed by atoms with Gasteiger partial charge < -0.3 is 10.3 Å². The van der Waals surface area contributed by atoms with Gasteiger partial charge in [-0.25, -0.2) is 0 Å². The smallest absolute Gasteiger partial charge is 0.262 e. The predicted molar refractivity (Wildman–Crippen MR) is 64.4 cm³/mol. The Kier molecular flexibility index (Phi) is 2.08. The van der Waals surface area contributed by atoms with Crippen molar-refractivity contribution in [3.63, 3.8) is 0 Å². The highest BCUT2D eigenvalue weighted by molar-refractivity contribution is 5.81. The molecule has 0 aromatic carbocycles. The van der Waals surface area contributed by atoms with Crippen LogP contribution in [0.4, 0.5) is 5.95 Å². The molecule has 0 spiro atoms. The zero-order valence-electron chi connectivity index (χ0n) is 9.96. The van der Waals surface area contributed by atoms with E-state index in [-0.39, 0.29) is 16.9 Å². The van der Waals surface area contributed by atoms with E-state index in [0.717, 1.165) is 5.56 Å². The van der Waals surface area contributed by atoms with Crippen LogP contribution in [0, 0.1) is 0 Å². The van der Waals surface area contributed by atoms with E-state index in [1.807, 2.05) is 17.8 Å². The minimum Gasteiger partial charge on any atom is -0.369 e. The molecule has 5 heteroatoms. The van der Waals surface area contributed by atoms with Crippen molar-refractivity contribution in [1.82, 2.24) is 14.5 Å². The second-order valence-electron chi connectivity index (χ2n) is 5.05. The molecule has 0 saturated carbocycles. The number of aromatic amines is 1. The number of H-pyrrole nitrogens is 1. The summed E-state index contributed by atoms with van der Waals surface area (Å²) in [6, 6.07) is 0. The van der Waals surface area contributed by atoms with E-state index in [9.17, 15) is 4.79 Å². The van der Waals surface area contributed by atoms with Crippen LogP contribution in [0.25, 0.3) is 11.0 Å². The number of fused-ring (bicyclic) bond motifs is 1. The summed E-state index contributed by atoms with van der Waals surface area (Å²) in [4.78, 5) is 18.6. The topological polar surface area (TPSA) is 76.7 Å². The molecule has 5 nitrogen and oxygen atoms in total. The Bertz CT molecular complexity index is 601. The lowest BCUT2D eigenvalue weighted by atomic mass is 9.87. The first kappa shape index (κ1) is 10.7. The maximum Gasteiger partial charge on any atom is 0.262 e. The number of nitrogens with two attached hydrogens (primary N) is 1. The van der Waals surface area contributed by atoms with Gasteiger partial charge >= 0.3 is 0 Å². The monoisotopic (exact) mass is 220 g/mol. The summed E-state index contributed by atoms with van der Waals surface area (Å²) in [5, 5.41) is 0.629. The van der Waals surface area contributed by atoms with Crippen LogP contribution in [0.2, 0.25) is 0 Å². The molecule has 0 atom stereocenters. The molecule has 0 radical (unpaired) electrons. The molecule has 0 bridgehead atoms. The van der Waals surface area contributed by atoms with Crippen LogP contribution >= 0.6 is 0 Å². The van der Waals surface area contributed by atoms with Gasteiger partial charge in [-0.2, -0.15) is 4.98 Å². The van der Waals surface area contributed by atoms with E-state index in [0.29, 0.717) is 11.0 Å². The molecule has 2 aromatic rings. The van der Waals surface area contributed by atoms with Crippen molar-refractivity contribution in [3.05, 3.63) is 22.1 Å². The van der Waals surface area contributed by atoms with Crippen LogP contribution in [0.3, 0.4) is 0 Å². The van der Waals surface area contributed by atoms with Crippen molar-refractivity contribution >= 4 is 17.0 Å². The van der Waals surface area contributed by atoms with Gasteiger partial charge in [0.2, 0.25) is 5.95 Å². The van der Waals surface area contributed by atoms with E-state index in [1.54, 1.807) is 0 Å². The summed E-state index contributed by atoms with van der Waals surface area (Å²) < 4.78 is 1.83. The molecule has 0 aliphatic rings. The number of anilines is 1. The van der Waals surface area contributed by atoms with Gasteiger partial charge in [0.15, 0.2) is 0 Å². The lowest BCUT2D eigenvalue weighted by Crippen LogP contribution is -2.17. The Labute approximate surface area is 93.3 Å². The number of hydrogen-bond donors (Lipinski definition) is 2. The highest BCUT2D eigenvalue weighted by Crippen LogP contribution is 2.28. The number of hydrogen-bond acceptors (Lipinski definition) is 3. The van der Waals surface area contributed by atoms with Gasteiger partial charge in [0.05, 0.1) is 5.39 Å². The van der Waals surface area contributed by atoms with Gasteiger partial charge in [0, 0.05) is 13.2 Å². The standard InChI is InChI=1S/C11H16N4O/c1-11(2,3)6-5-15(4)8-7(6)9(16)14-10(12)13-8/h5H,1-4H3,(H3,12,13,14,16). The summed E-state index contributed by atoms with van der Waals surface area (Å²) in [6.07, 6.45) is 1.94. The highest BCUT2D eigenvalue weighted by atomic mass is 16.1. The molecule has 2 aromatic heterocycles. The van der Waals surface area contributed by atoms with Crippen LogP contribution in [-0.4, -0.2) is 14.5 Å². The highest BCUT2D eigenvalue weighted by Gasteiger charge is 2.22. The Balaban J connectivity index is 2.95. The molecule has 0 aliphatic carbocycles. The molecule has 0 saturated heterocycles. The van der Waals surface area contributed by atoms with Crippen molar-refractivity contribution in [3.8, 4) is 0 Å². The van der Waals surface area contributed by atoms with Crippen molar-refractivity contribution in [2.45, 2.75) is 26.2 Å². The quantitative estimate of drug-likeness (QED) is 0.699. The predicted octanol–water partition coefficient (Wildman–Crippen LogP) is 1.14. The molecule has 16 heavy (non-hydrogen) atoms. The average Bonchev–Trinajstić information content (AvgIpc) is 2.43. The summed E-state index contributed by atoms with van der Waals surface area (Å²) in [6.45, 7) is 6.20. The fourth-order valence-electron chi connectivity index (χ4n) is 1.86. The van der Waals surface area contributed by atoms with Crippen molar-refractivity contribution < 1.29 is 0 Å². The average molecular weight is 220 g/mol. The Morgan fingerprint density at radius 1 is 1.44 bits per heavy atom. The lowest BCUT2D eigenvalue weighted by molar-refractivity contribution is 0.593. The Morgan fingerprint density at radius 3 is 2.62 bits per heavy atom. The fraction of sp³-hybridized carbons (Fsp3) is 0.455. The number of rotatable bonds is 0. The summed E-state index contributed by atoms with van der Waals surface area (Å²) >= 11 is 0. The van der Waals surface area contributed by atoms with Crippen molar-refractivity contribution in [1.29, 1.82) is 0 Å². The lowest BCUT2D eigenvalue weighted by Gasteiger charge is -2.16. The largest absolute Gasteiger partial charge is 0.369 e. The zero-order chi connectivity index (χ0) is 12.1.